The Morgan fingerprint density at radius 1 is 1.06 bits per heavy atom. The summed E-state index contributed by atoms with van der Waals surface area (Å²) in [6, 6.07) is 0. The molecule has 94 valence electrons. The van der Waals surface area contributed by atoms with Crippen molar-refractivity contribution >= 4 is 0 Å². The molecule has 0 spiro atoms. The summed E-state index contributed by atoms with van der Waals surface area (Å²) in [5.74, 6) is 0. The Balaban J connectivity index is 1.87. The zero-order valence-electron chi connectivity index (χ0n) is 10.6. The lowest BCUT2D eigenvalue weighted by molar-refractivity contribution is 0.0579. The second kappa shape index (κ2) is 4.98. The monoisotopic (exact) mass is 227 g/mol. The molecule has 0 amide bonds. The molecule has 2 aliphatic rings. The Labute approximate surface area is 98.5 Å². The van der Waals surface area contributed by atoms with Crippen molar-refractivity contribution in [1.82, 2.24) is 20.2 Å². The van der Waals surface area contributed by atoms with E-state index in [0.717, 1.165) is 52.2 Å². The first-order valence-electron chi connectivity index (χ1n) is 6.23. The molecule has 0 saturated carbocycles. The van der Waals surface area contributed by atoms with Gasteiger partial charge in [-0.05, 0) is 27.1 Å². The quantitative estimate of drug-likeness (QED) is 0.632. The van der Waals surface area contributed by atoms with Crippen molar-refractivity contribution in [3.8, 4) is 0 Å². The lowest BCUT2D eigenvalue weighted by Crippen LogP contribution is -2.63. The van der Waals surface area contributed by atoms with Crippen molar-refractivity contribution < 1.29 is 0 Å². The smallest absolute Gasteiger partial charge is 0.0586 e. The second-order valence-corrected chi connectivity index (χ2v) is 5.37. The van der Waals surface area contributed by atoms with Gasteiger partial charge in [-0.15, -0.1) is 0 Å². The molecule has 0 aromatic heterocycles. The van der Waals surface area contributed by atoms with Crippen molar-refractivity contribution in [2.75, 3.05) is 59.9 Å². The molecule has 0 radical (unpaired) electrons. The number of rotatable bonds is 3. The van der Waals surface area contributed by atoms with E-state index in [-0.39, 0.29) is 5.54 Å². The molecule has 2 saturated heterocycles. The van der Waals surface area contributed by atoms with Crippen molar-refractivity contribution in [3.05, 3.63) is 0 Å². The molecule has 2 rings (SSSR count). The number of hydrazine groups is 1. The summed E-state index contributed by atoms with van der Waals surface area (Å²) in [6.45, 7) is 7.42. The summed E-state index contributed by atoms with van der Waals surface area (Å²) in [5, 5.41) is 2.35. The Bertz CT molecular complexity index is 226. The highest BCUT2D eigenvalue weighted by atomic mass is 15.6. The Kier molecular flexibility index (Phi) is 3.81. The zero-order valence-corrected chi connectivity index (χ0v) is 10.6. The van der Waals surface area contributed by atoms with E-state index < -0.39 is 0 Å². The van der Waals surface area contributed by atoms with Crippen LogP contribution in [0, 0.1) is 0 Å². The molecule has 5 heteroatoms. The maximum absolute atomic E-state index is 5.95. The summed E-state index contributed by atoms with van der Waals surface area (Å²) in [5.41, 5.74) is 9.74. The highest BCUT2D eigenvalue weighted by molar-refractivity contribution is 4.96. The van der Waals surface area contributed by atoms with Gasteiger partial charge in [0.15, 0.2) is 0 Å². The van der Waals surface area contributed by atoms with Gasteiger partial charge in [-0.1, -0.05) is 0 Å². The molecule has 1 unspecified atom stereocenters. The van der Waals surface area contributed by atoms with E-state index in [1.54, 1.807) is 0 Å². The van der Waals surface area contributed by atoms with Crippen molar-refractivity contribution in [2.24, 2.45) is 5.73 Å². The number of piperazine rings is 1. The lowest BCUT2D eigenvalue weighted by Gasteiger charge is -2.40. The van der Waals surface area contributed by atoms with E-state index in [9.17, 15) is 0 Å². The van der Waals surface area contributed by atoms with Gasteiger partial charge in [-0.25, -0.2) is 10.4 Å². The number of hydrogen-bond donors (Lipinski definition) is 2. The normalized spacial score (nSPS) is 34.7. The maximum atomic E-state index is 5.95. The predicted molar refractivity (Wildman–Crippen MR) is 66.1 cm³/mol. The van der Waals surface area contributed by atoms with Crippen molar-refractivity contribution in [1.29, 1.82) is 0 Å². The van der Waals surface area contributed by atoms with E-state index in [4.69, 9.17) is 5.73 Å². The minimum absolute atomic E-state index is 0.116. The molecule has 0 aromatic rings. The molecule has 3 N–H and O–H groups in total. The zero-order chi connectivity index (χ0) is 11.6. The van der Waals surface area contributed by atoms with Gasteiger partial charge in [-0.3, -0.25) is 0 Å². The molecule has 5 nitrogen and oxygen atoms in total. The Morgan fingerprint density at radius 2 is 1.75 bits per heavy atom. The average Bonchev–Trinajstić information content (AvgIpc) is 2.64. The molecule has 0 bridgehead atoms. The Morgan fingerprint density at radius 3 is 2.25 bits per heavy atom. The summed E-state index contributed by atoms with van der Waals surface area (Å²) < 4.78 is 0. The van der Waals surface area contributed by atoms with Crippen molar-refractivity contribution in [2.45, 2.75) is 12.0 Å². The van der Waals surface area contributed by atoms with Crippen LogP contribution in [-0.4, -0.2) is 80.3 Å². The van der Waals surface area contributed by atoms with Gasteiger partial charge in [0.1, 0.15) is 0 Å². The van der Waals surface area contributed by atoms with Crippen LogP contribution in [0.25, 0.3) is 0 Å². The number of nitrogens with two attached hydrogens (primary N) is 1. The molecule has 2 heterocycles. The van der Waals surface area contributed by atoms with Crippen LogP contribution in [0.4, 0.5) is 0 Å². The molecular weight excluding hydrogens is 202 g/mol. The van der Waals surface area contributed by atoms with E-state index >= 15 is 0 Å². The fourth-order valence-electron chi connectivity index (χ4n) is 2.64. The van der Waals surface area contributed by atoms with E-state index in [2.05, 4.69) is 34.3 Å². The van der Waals surface area contributed by atoms with Crippen LogP contribution in [0.3, 0.4) is 0 Å². The highest BCUT2D eigenvalue weighted by Crippen LogP contribution is 2.19. The number of nitrogens with one attached hydrogen (secondary N) is 1. The molecule has 16 heavy (non-hydrogen) atoms. The van der Waals surface area contributed by atoms with Crippen LogP contribution in [0.2, 0.25) is 0 Å². The van der Waals surface area contributed by atoms with Gasteiger partial charge in [0.05, 0.1) is 5.54 Å². The molecule has 0 aromatic carbocycles. The first-order valence-corrected chi connectivity index (χ1v) is 6.23. The second-order valence-electron chi connectivity index (χ2n) is 5.37. The first kappa shape index (κ1) is 12.3. The first-order chi connectivity index (χ1) is 7.63. The minimum Gasteiger partial charge on any atom is -0.329 e. The Hall–Kier alpha value is -0.200. The minimum atomic E-state index is 0.116. The fraction of sp³-hybridized carbons (Fsp3) is 1.00. The van der Waals surface area contributed by atoms with Gasteiger partial charge < -0.3 is 15.5 Å². The third-order valence-electron chi connectivity index (χ3n) is 3.83. The van der Waals surface area contributed by atoms with Crippen LogP contribution in [-0.2, 0) is 0 Å². The molecule has 1 atom stereocenters. The molecule has 2 fully saturated rings. The number of hydrogen-bond acceptors (Lipinski definition) is 5. The van der Waals surface area contributed by atoms with Gasteiger partial charge in [-0.2, -0.15) is 0 Å². The number of likely N-dealkylation sites (N-methyl/N-ethyl adjacent to an activating group) is 2. The maximum Gasteiger partial charge on any atom is 0.0586 e. The number of likely N-dealkylation sites (tertiary alicyclic amines) is 1. The predicted octanol–water partition coefficient (Wildman–Crippen LogP) is -1.23. The molecule has 0 aliphatic carbocycles. The van der Waals surface area contributed by atoms with E-state index in [0.29, 0.717) is 0 Å². The lowest BCUT2D eigenvalue weighted by atomic mass is 10.00. The van der Waals surface area contributed by atoms with Gasteiger partial charge in [0.25, 0.3) is 0 Å². The van der Waals surface area contributed by atoms with Gasteiger partial charge in [0, 0.05) is 39.3 Å². The molecule has 2 aliphatic heterocycles. The van der Waals surface area contributed by atoms with Crippen LogP contribution >= 0.6 is 0 Å². The van der Waals surface area contributed by atoms with E-state index in [1.807, 2.05) is 0 Å². The third kappa shape index (κ3) is 2.73. The molecular formula is C11H25N5. The standard InChI is InChI=1S/C11H25N5/c1-14-5-7-16(8-6-14)13-11(9-12)3-4-15(2)10-11/h13H,3-10,12H2,1-2H3. The topological polar surface area (TPSA) is 47.8 Å². The van der Waals surface area contributed by atoms with Crippen LogP contribution < -0.4 is 11.2 Å². The van der Waals surface area contributed by atoms with Gasteiger partial charge in [0.2, 0.25) is 0 Å². The van der Waals surface area contributed by atoms with E-state index in [1.165, 1.54) is 0 Å². The summed E-state index contributed by atoms with van der Waals surface area (Å²) in [6.07, 6.45) is 1.16. The largest absolute Gasteiger partial charge is 0.329 e. The SMILES string of the molecule is CN1CCN(NC2(CN)CCN(C)C2)CC1. The van der Waals surface area contributed by atoms with Gasteiger partial charge >= 0.3 is 0 Å². The number of nitrogens with zero attached hydrogens (tertiary/aromatic N) is 3. The van der Waals surface area contributed by atoms with Crippen LogP contribution in [0.15, 0.2) is 0 Å². The van der Waals surface area contributed by atoms with Crippen molar-refractivity contribution in [3.63, 3.8) is 0 Å². The highest BCUT2D eigenvalue weighted by Gasteiger charge is 2.37. The fourth-order valence-corrected chi connectivity index (χ4v) is 2.64. The summed E-state index contributed by atoms with van der Waals surface area (Å²) in [4.78, 5) is 4.73. The van der Waals surface area contributed by atoms with Crippen LogP contribution in [0.1, 0.15) is 6.42 Å². The summed E-state index contributed by atoms with van der Waals surface area (Å²) >= 11 is 0. The summed E-state index contributed by atoms with van der Waals surface area (Å²) in [7, 11) is 4.35. The average molecular weight is 227 g/mol. The third-order valence-corrected chi connectivity index (χ3v) is 3.83. The van der Waals surface area contributed by atoms with Crippen LogP contribution in [0.5, 0.6) is 0 Å².